The van der Waals surface area contributed by atoms with Gasteiger partial charge in [-0.05, 0) is 49.7 Å². The van der Waals surface area contributed by atoms with Gasteiger partial charge in [-0.25, -0.2) is 4.39 Å². The van der Waals surface area contributed by atoms with Crippen LogP contribution in [0, 0.1) is 12.7 Å². The highest BCUT2D eigenvalue weighted by molar-refractivity contribution is 5.94. The number of ether oxygens (including phenoxy) is 1. The quantitative estimate of drug-likeness (QED) is 0.757. The van der Waals surface area contributed by atoms with Crippen LogP contribution in [-0.4, -0.2) is 56.4 Å². The zero-order valence-electron chi connectivity index (χ0n) is 17.0. The highest BCUT2D eigenvalue weighted by Crippen LogP contribution is 2.25. The van der Waals surface area contributed by atoms with E-state index in [0.717, 1.165) is 5.56 Å². The van der Waals surface area contributed by atoms with Crippen molar-refractivity contribution in [3.63, 3.8) is 0 Å². The number of anilines is 2. The summed E-state index contributed by atoms with van der Waals surface area (Å²) < 4.78 is 19.7. The number of piperazine rings is 1. The molecule has 1 aliphatic rings. The summed E-state index contributed by atoms with van der Waals surface area (Å²) in [5, 5.41) is 2.91. The summed E-state index contributed by atoms with van der Waals surface area (Å²) in [6, 6.07) is 10.2. The van der Waals surface area contributed by atoms with Crippen molar-refractivity contribution in [3.05, 3.63) is 53.3 Å². The molecule has 6 nitrogen and oxygen atoms in total. The van der Waals surface area contributed by atoms with Gasteiger partial charge < -0.3 is 15.0 Å². The summed E-state index contributed by atoms with van der Waals surface area (Å²) in [7, 11) is 1.57. The van der Waals surface area contributed by atoms with Gasteiger partial charge in [0.1, 0.15) is 11.6 Å². The molecule has 2 aromatic carbocycles. The van der Waals surface area contributed by atoms with Crippen molar-refractivity contribution in [1.29, 1.82) is 0 Å². The van der Waals surface area contributed by atoms with Gasteiger partial charge in [-0.2, -0.15) is 0 Å². The molecule has 0 radical (unpaired) electrons. The van der Waals surface area contributed by atoms with Gasteiger partial charge in [-0.1, -0.05) is 6.07 Å². The Labute approximate surface area is 170 Å². The van der Waals surface area contributed by atoms with Crippen molar-refractivity contribution < 1.29 is 18.7 Å². The zero-order chi connectivity index (χ0) is 21.0. The lowest BCUT2D eigenvalue weighted by atomic mass is 10.1. The second-order valence-corrected chi connectivity index (χ2v) is 7.24. The molecule has 0 aliphatic carbocycles. The van der Waals surface area contributed by atoms with Crippen LogP contribution >= 0.6 is 0 Å². The van der Waals surface area contributed by atoms with Crippen LogP contribution in [0.3, 0.4) is 0 Å². The highest BCUT2D eigenvalue weighted by Gasteiger charge is 2.22. The average Bonchev–Trinajstić information content (AvgIpc) is 2.68. The van der Waals surface area contributed by atoms with Gasteiger partial charge in [0.05, 0.1) is 25.0 Å². The first-order valence-corrected chi connectivity index (χ1v) is 9.59. The second kappa shape index (κ2) is 9.05. The van der Waals surface area contributed by atoms with Crippen molar-refractivity contribution in [2.24, 2.45) is 0 Å². The first-order chi connectivity index (χ1) is 13.9. The van der Waals surface area contributed by atoms with E-state index in [1.54, 1.807) is 19.2 Å². The van der Waals surface area contributed by atoms with Gasteiger partial charge in [-0.3, -0.25) is 14.5 Å². The van der Waals surface area contributed by atoms with Crippen LogP contribution in [0.5, 0.6) is 5.75 Å². The largest absolute Gasteiger partial charge is 0.495 e. The number of Topliss-reactive ketones (excluding diaryl/α,β-unsaturated/α-hetero) is 1. The lowest BCUT2D eigenvalue weighted by Gasteiger charge is -2.35. The maximum Gasteiger partial charge on any atom is 0.238 e. The number of nitrogens with zero attached hydrogens (tertiary/aromatic N) is 2. The Balaban J connectivity index is 1.55. The first kappa shape index (κ1) is 20.8. The van der Waals surface area contributed by atoms with E-state index in [1.807, 2.05) is 34.9 Å². The number of amides is 1. The fourth-order valence-electron chi connectivity index (χ4n) is 3.44. The minimum atomic E-state index is -0.393. The van der Waals surface area contributed by atoms with E-state index in [0.29, 0.717) is 48.9 Å². The molecule has 3 rings (SSSR count). The zero-order valence-corrected chi connectivity index (χ0v) is 17.0. The topological polar surface area (TPSA) is 61.9 Å². The number of rotatable bonds is 6. The number of benzene rings is 2. The third kappa shape index (κ3) is 5.12. The van der Waals surface area contributed by atoms with E-state index in [1.165, 1.54) is 13.0 Å². The van der Waals surface area contributed by atoms with E-state index in [9.17, 15) is 14.0 Å². The molecule has 0 aromatic heterocycles. The summed E-state index contributed by atoms with van der Waals surface area (Å²) in [6.07, 6.45) is 0. The number of carbonyl (C=O) groups excluding carboxylic acids is 2. The average molecular weight is 399 g/mol. The van der Waals surface area contributed by atoms with Crippen LogP contribution < -0.4 is 15.0 Å². The lowest BCUT2D eigenvalue weighted by Crippen LogP contribution is -2.49. The SMILES string of the molecule is COc1ccc(C)cc1NC(=O)CN1CCN(c2ccc(C(C)=O)cc2F)CC1. The standard InChI is InChI=1S/C22H26FN3O3/c1-15-4-7-21(29-3)19(12-15)24-22(28)14-25-8-10-26(11-9-25)20-6-5-17(16(2)27)13-18(20)23/h4-7,12-13H,8-11,14H2,1-3H3,(H,24,28). The fraction of sp³-hybridized carbons (Fsp3) is 0.364. The van der Waals surface area contributed by atoms with Gasteiger partial charge in [0.25, 0.3) is 0 Å². The predicted octanol–water partition coefficient (Wildman–Crippen LogP) is 3.11. The number of halogens is 1. The number of hydrogen-bond donors (Lipinski definition) is 1. The Morgan fingerprint density at radius 1 is 1.10 bits per heavy atom. The predicted molar refractivity (Wildman–Crippen MR) is 111 cm³/mol. The molecule has 1 heterocycles. The maximum absolute atomic E-state index is 14.4. The molecule has 0 saturated carbocycles. The van der Waals surface area contributed by atoms with Crippen LogP contribution in [0.25, 0.3) is 0 Å². The number of carbonyl (C=O) groups is 2. The molecular formula is C22H26FN3O3. The number of nitrogens with one attached hydrogen (secondary N) is 1. The molecule has 7 heteroatoms. The minimum Gasteiger partial charge on any atom is -0.495 e. The van der Waals surface area contributed by atoms with E-state index >= 15 is 0 Å². The van der Waals surface area contributed by atoms with Gasteiger partial charge in [0.15, 0.2) is 5.78 Å². The number of methoxy groups -OCH3 is 1. The number of aryl methyl sites for hydroxylation is 1. The molecule has 0 spiro atoms. The molecule has 1 amide bonds. The highest BCUT2D eigenvalue weighted by atomic mass is 19.1. The molecule has 2 aromatic rings. The van der Waals surface area contributed by atoms with Crippen LogP contribution in [-0.2, 0) is 4.79 Å². The summed E-state index contributed by atoms with van der Waals surface area (Å²) in [6.45, 7) is 6.14. The van der Waals surface area contributed by atoms with Crippen molar-refractivity contribution in [1.82, 2.24) is 4.90 Å². The van der Waals surface area contributed by atoms with Crippen LogP contribution in [0.4, 0.5) is 15.8 Å². The van der Waals surface area contributed by atoms with E-state index in [2.05, 4.69) is 5.32 Å². The molecular weight excluding hydrogens is 373 g/mol. The molecule has 0 bridgehead atoms. The lowest BCUT2D eigenvalue weighted by molar-refractivity contribution is -0.117. The second-order valence-electron chi connectivity index (χ2n) is 7.24. The Bertz CT molecular complexity index is 908. The van der Waals surface area contributed by atoms with Crippen molar-refractivity contribution in [3.8, 4) is 5.75 Å². The molecule has 0 unspecified atom stereocenters. The minimum absolute atomic E-state index is 0.112. The van der Waals surface area contributed by atoms with Crippen molar-refractivity contribution >= 4 is 23.1 Å². The van der Waals surface area contributed by atoms with Crippen LogP contribution in [0.15, 0.2) is 36.4 Å². The summed E-state index contributed by atoms with van der Waals surface area (Å²) >= 11 is 0. The Kier molecular flexibility index (Phi) is 6.49. The van der Waals surface area contributed by atoms with Gasteiger partial charge in [0, 0.05) is 31.7 Å². The van der Waals surface area contributed by atoms with E-state index < -0.39 is 5.82 Å². The smallest absolute Gasteiger partial charge is 0.238 e. The van der Waals surface area contributed by atoms with Gasteiger partial charge in [0.2, 0.25) is 5.91 Å². The van der Waals surface area contributed by atoms with Gasteiger partial charge in [-0.15, -0.1) is 0 Å². The fourth-order valence-corrected chi connectivity index (χ4v) is 3.44. The van der Waals surface area contributed by atoms with Crippen molar-refractivity contribution in [2.45, 2.75) is 13.8 Å². The summed E-state index contributed by atoms with van der Waals surface area (Å²) in [4.78, 5) is 27.8. The summed E-state index contributed by atoms with van der Waals surface area (Å²) in [5.74, 6) is -0.0375. The van der Waals surface area contributed by atoms with Crippen LogP contribution in [0.2, 0.25) is 0 Å². The molecule has 154 valence electrons. The Morgan fingerprint density at radius 3 is 2.45 bits per heavy atom. The van der Waals surface area contributed by atoms with E-state index in [4.69, 9.17) is 4.74 Å². The third-order valence-electron chi connectivity index (χ3n) is 5.06. The first-order valence-electron chi connectivity index (χ1n) is 9.59. The molecule has 0 atom stereocenters. The van der Waals surface area contributed by atoms with Crippen molar-refractivity contribution in [2.75, 3.05) is 50.1 Å². The molecule has 1 aliphatic heterocycles. The Morgan fingerprint density at radius 2 is 1.83 bits per heavy atom. The Hall–Kier alpha value is -2.93. The molecule has 1 saturated heterocycles. The maximum atomic E-state index is 14.4. The molecule has 1 N–H and O–H groups in total. The third-order valence-corrected chi connectivity index (χ3v) is 5.06. The van der Waals surface area contributed by atoms with Crippen LogP contribution in [0.1, 0.15) is 22.8 Å². The summed E-state index contributed by atoms with van der Waals surface area (Å²) in [5.41, 5.74) is 2.55. The normalized spacial score (nSPS) is 14.6. The molecule has 29 heavy (non-hydrogen) atoms. The number of ketones is 1. The monoisotopic (exact) mass is 399 g/mol. The van der Waals surface area contributed by atoms with Gasteiger partial charge >= 0.3 is 0 Å². The van der Waals surface area contributed by atoms with E-state index in [-0.39, 0.29) is 18.2 Å². The number of hydrogen-bond acceptors (Lipinski definition) is 5. The molecule has 1 fully saturated rings.